The number of hydrogen-bond acceptors (Lipinski definition) is 3. The molecule has 0 aliphatic carbocycles. The van der Waals surface area contributed by atoms with Gasteiger partial charge in [0.15, 0.2) is 0 Å². The highest BCUT2D eigenvalue weighted by atomic mass is 19.1. The lowest BCUT2D eigenvalue weighted by Gasteiger charge is -2.33. The van der Waals surface area contributed by atoms with Gasteiger partial charge >= 0.3 is 0 Å². The van der Waals surface area contributed by atoms with Gasteiger partial charge in [0.2, 0.25) is 5.95 Å². The zero-order chi connectivity index (χ0) is 12.0. The third kappa shape index (κ3) is 1.67. The molecule has 2 saturated heterocycles. The van der Waals surface area contributed by atoms with Crippen molar-refractivity contribution in [3.05, 3.63) is 29.8 Å². The van der Waals surface area contributed by atoms with E-state index in [4.69, 9.17) is 4.74 Å². The van der Waals surface area contributed by atoms with Crippen LogP contribution in [0.4, 0.5) is 4.39 Å². The first kappa shape index (κ1) is 11.1. The van der Waals surface area contributed by atoms with Crippen LogP contribution in [-0.4, -0.2) is 35.8 Å². The number of pyridine rings is 1. The second kappa shape index (κ2) is 3.75. The van der Waals surface area contributed by atoms with Crippen LogP contribution >= 0.6 is 0 Å². The Balaban J connectivity index is 1.88. The van der Waals surface area contributed by atoms with Gasteiger partial charge in [0.05, 0.1) is 6.10 Å². The highest BCUT2D eigenvalue weighted by molar-refractivity contribution is 5.23. The summed E-state index contributed by atoms with van der Waals surface area (Å²) in [7, 11) is 4.11. The molecule has 3 nitrogen and oxygen atoms in total. The number of aromatic nitrogens is 1. The van der Waals surface area contributed by atoms with Crippen LogP contribution in [0.5, 0.6) is 0 Å². The van der Waals surface area contributed by atoms with Gasteiger partial charge in [0.1, 0.15) is 5.72 Å². The van der Waals surface area contributed by atoms with E-state index >= 15 is 0 Å². The predicted molar refractivity (Wildman–Crippen MR) is 62.1 cm³/mol. The van der Waals surface area contributed by atoms with Crippen LogP contribution in [0.25, 0.3) is 0 Å². The van der Waals surface area contributed by atoms with Crippen molar-refractivity contribution in [1.82, 2.24) is 9.88 Å². The number of fused-ring (bicyclic) bond motifs is 2. The summed E-state index contributed by atoms with van der Waals surface area (Å²) in [6, 6.07) is 3.44. The molecule has 2 aliphatic heterocycles. The number of halogens is 1. The summed E-state index contributed by atoms with van der Waals surface area (Å²) in [6.07, 6.45) is 4.87. The molecule has 3 atom stereocenters. The maximum Gasteiger partial charge on any atom is 0.213 e. The quantitative estimate of drug-likeness (QED) is 0.736. The molecule has 0 aromatic carbocycles. The lowest BCUT2D eigenvalue weighted by molar-refractivity contribution is -0.0860. The highest BCUT2D eigenvalue weighted by Gasteiger charge is 2.53. The summed E-state index contributed by atoms with van der Waals surface area (Å²) >= 11 is 0. The van der Waals surface area contributed by atoms with Crippen LogP contribution in [0.3, 0.4) is 0 Å². The zero-order valence-electron chi connectivity index (χ0n) is 10.2. The Morgan fingerprint density at radius 1 is 1.53 bits per heavy atom. The Morgan fingerprint density at radius 2 is 2.35 bits per heavy atom. The molecule has 0 saturated carbocycles. The van der Waals surface area contributed by atoms with Crippen molar-refractivity contribution in [3.63, 3.8) is 0 Å². The van der Waals surface area contributed by atoms with Crippen LogP contribution in [0.2, 0.25) is 0 Å². The summed E-state index contributed by atoms with van der Waals surface area (Å²) in [4.78, 5) is 5.77. The summed E-state index contributed by atoms with van der Waals surface area (Å²) in [5.41, 5.74) is 0.889. The molecule has 0 spiro atoms. The zero-order valence-corrected chi connectivity index (χ0v) is 10.2. The molecule has 92 valence electrons. The standard InChI is InChI=1S/C13H17FN2O/c1-16(2)13-5-3-11(17-13)10(8-13)9-4-6-15-12(14)7-9/h4,6-7,10-11H,3,5,8H2,1-2H3. The van der Waals surface area contributed by atoms with Gasteiger partial charge in [-0.2, -0.15) is 4.39 Å². The normalized spacial score (nSPS) is 35.8. The lowest BCUT2D eigenvalue weighted by atomic mass is 9.81. The predicted octanol–water partition coefficient (Wildman–Crippen LogP) is 2.14. The summed E-state index contributed by atoms with van der Waals surface area (Å²) in [5.74, 6) is -0.0900. The molecule has 0 amide bonds. The summed E-state index contributed by atoms with van der Waals surface area (Å²) < 4.78 is 19.3. The number of ether oxygens (including phenoxy) is 1. The number of nitrogens with zero attached hydrogens (tertiary/aromatic N) is 2. The minimum Gasteiger partial charge on any atom is -0.357 e. The number of rotatable bonds is 2. The van der Waals surface area contributed by atoms with Crippen LogP contribution in [0, 0.1) is 5.95 Å². The van der Waals surface area contributed by atoms with E-state index in [1.807, 2.05) is 6.07 Å². The lowest BCUT2D eigenvalue weighted by Crippen LogP contribution is -2.41. The van der Waals surface area contributed by atoms with Gasteiger partial charge in [0.25, 0.3) is 0 Å². The molecule has 1 aromatic rings. The third-order valence-electron chi connectivity index (χ3n) is 4.17. The molecule has 2 aliphatic rings. The Labute approximate surface area is 101 Å². The molecule has 2 fully saturated rings. The molecule has 0 N–H and O–H groups in total. The summed E-state index contributed by atoms with van der Waals surface area (Å²) in [5, 5.41) is 0. The van der Waals surface area contributed by atoms with Gasteiger partial charge in [-0.05, 0) is 51.1 Å². The minimum atomic E-state index is -0.399. The fourth-order valence-electron chi connectivity index (χ4n) is 3.17. The first-order valence-electron chi connectivity index (χ1n) is 6.07. The van der Waals surface area contributed by atoms with Gasteiger partial charge in [-0.1, -0.05) is 0 Å². The van der Waals surface area contributed by atoms with Crippen molar-refractivity contribution >= 4 is 0 Å². The monoisotopic (exact) mass is 236 g/mol. The van der Waals surface area contributed by atoms with Crippen molar-refractivity contribution in [2.24, 2.45) is 0 Å². The molecular weight excluding hydrogens is 219 g/mol. The third-order valence-corrected chi connectivity index (χ3v) is 4.17. The van der Waals surface area contributed by atoms with Gasteiger partial charge in [-0.15, -0.1) is 0 Å². The van der Waals surface area contributed by atoms with E-state index in [-0.39, 0.29) is 11.8 Å². The Hall–Kier alpha value is -1.00. The van der Waals surface area contributed by atoms with Crippen molar-refractivity contribution in [2.45, 2.75) is 37.0 Å². The van der Waals surface area contributed by atoms with Crippen molar-refractivity contribution in [2.75, 3.05) is 14.1 Å². The van der Waals surface area contributed by atoms with E-state index < -0.39 is 5.95 Å². The first-order valence-corrected chi connectivity index (χ1v) is 6.07. The van der Waals surface area contributed by atoms with E-state index in [0.717, 1.165) is 24.8 Å². The fraction of sp³-hybridized carbons (Fsp3) is 0.615. The van der Waals surface area contributed by atoms with Crippen molar-refractivity contribution in [3.8, 4) is 0 Å². The molecule has 4 heteroatoms. The van der Waals surface area contributed by atoms with Crippen molar-refractivity contribution < 1.29 is 9.13 Å². The maximum absolute atomic E-state index is 13.2. The average Bonchev–Trinajstić information content (AvgIpc) is 2.88. The van der Waals surface area contributed by atoms with Gasteiger partial charge in [-0.25, -0.2) is 4.98 Å². The largest absolute Gasteiger partial charge is 0.357 e. The summed E-state index contributed by atoms with van der Waals surface area (Å²) in [6.45, 7) is 0. The number of hydrogen-bond donors (Lipinski definition) is 0. The SMILES string of the molecule is CN(C)C12CCC(O1)C(c1ccnc(F)c1)C2. The van der Waals surface area contributed by atoms with E-state index in [2.05, 4.69) is 24.0 Å². The molecule has 17 heavy (non-hydrogen) atoms. The smallest absolute Gasteiger partial charge is 0.213 e. The molecule has 3 rings (SSSR count). The Morgan fingerprint density at radius 3 is 3.00 bits per heavy atom. The second-order valence-corrected chi connectivity index (χ2v) is 5.26. The average molecular weight is 236 g/mol. The minimum absolute atomic E-state index is 0.130. The molecule has 1 aromatic heterocycles. The Bertz CT molecular complexity index is 437. The Kier molecular flexibility index (Phi) is 2.45. The topological polar surface area (TPSA) is 25.4 Å². The van der Waals surface area contributed by atoms with E-state index in [1.165, 1.54) is 6.07 Å². The van der Waals surface area contributed by atoms with E-state index in [0.29, 0.717) is 5.92 Å². The molecule has 0 radical (unpaired) electrons. The van der Waals surface area contributed by atoms with Crippen LogP contribution < -0.4 is 0 Å². The van der Waals surface area contributed by atoms with E-state index in [9.17, 15) is 4.39 Å². The van der Waals surface area contributed by atoms with Crippen LogP contribution in [-0.2, 0) is 4.74 Å². The van der Waals surface area contributed by atoms with Crippen LogP contribution in [0.15, 0.2) is 18.3 Å². The molecule has 2 bridgehead atoms. The van der Waals surface area contributed by atoms with Crippen molar-refractivity contribution in [1.29, 1.82) is 0 Å². The van der Waals surface area contributed by atoms with Gasteiger partial charge in [0, 0.05) is 12.1 Å². The first-order chi connectivity index (χ1) is 8.11. The van der Waals surface area contributed by atoms with Crippen LogP contribution in [0.1, 0.15) is 30.7 Å². The molecule has 3 heterocycles. The van der Waals surface area contributed by atoms with Gasteiger partial charge in [-0.3, -0.25) is 4.90 Å². The molecule has 3 unspecified atom stereocenters. The fourth-order valence-corrected chi connectivity index (χ4v) is 3.17. The highest BCUT2D eigenvalue weighted by Crippen LogP contribution is 2.51. The van der Waals surface area contributed by atoms with E-state index in [1.54, 1.807) is 6.20 Å². The second-order valence-electron chi connectivity index (χ2n) is 5.26. The molecular formula is C13H17FN2O. The van der Waals surface area contributed by atoms with Gasteiger partial charge < -0.3 is 4.74 Å². The maximum atomic E-state index is 13.2.